The highest BCUT2D eigenvalue weighted by Gasteiger charge is 2.33. The van der Waals surface area contributed by atoms with Crippen molar-refractivity contribution in [3.8, 4) is 0 Å². The number of aromatic nitrogens is 1. The summed E-state index contributed by atoms with van der Waals surface area (Å²) in [7, 11) is 0. The maximum Gasteiger partial charge on any atom is 0.321 e. The molecule has 2 atom stereocenters. The quantitative estimate of drug-likeness (QED) is 0.645. The molecule has 23 heavy (non-hydrogen) atoms. The number of aliphatic carboxylic acids is 1. The Balaban J connectivity index is 1.91. The van der Waals surface area contributed by atoms with E-state index in [1.165, 1.54) is 0 Å². The topological polar surface area (TPSA) is 65.1 Å². The molecule has 0 fully saturated rings. The fourth-order valence-corrected chi connectivity index (χ4v) is 3.76. The summed E-state index contributed by atoms with van der Waals surface area (Å²) < 4.78 is 0.979. The van der Waals surface area contributed by atoms with Gasteiger partial charge in [0.2, 0.25) is 0 Å². The molecule has 4 rings (SSSR count). The molecule has 0 saturated carbocycles. The molecule has 0 amide bonds. The van der Waals surface area contributed by atoms with Gasteiger partial charge in [0.1, 0.15) is 6.04 Å². The number of carboxylic acid groups (broad SMARTS) is 1. The first-order chi connectivity index (χ1) is 11.1. The van der Waals surface area contributed by atoms with Gasteiger partial charge in [-0.15, -0.1) is 0 Å². The number of benzene rings is 2. The summed E-state index contributed by atoms with van der Waals surface area (Å²) in [5.74, 6) is -0.819. The molecule has 116 valence electrons. The van der Waals surface area contributed by atoms with E-state index < -0.39 is 12.0 Å². The lowest BCUT2D eigenvalue weighted by Gasteiger charge is -2.29. The third kappa shape index (κ3) is 2.46. The van der Waals surface area contributed by atoms with E-state index in [4.69, 9.17) is 0 Å². The molecule has 2 aromatic carbocycles. The van der Waals surface area contributed by atoms with Crippen LogP contribution in [0.3, 0.4) is 0 Å². The monoisotopic (exact) mass is 370 g/mol. The van der Waals surface area contributed by atoms with Gasteiger partial charge < -0.3 is 10.1 Å². The smallest absolute Gasteiger partial charge is 0.321 e. The van der Waals surface area contributed by atoms with Crippen molar-refractivity contribution in [2.24, 2.45) is 0 Å². The van der Waals surface area contributed by atoms with Crippen molar-refractivity contribution in [2.75, 3.05) is 0 Å². The van der Waals surface area contributed by atoms with Gasteiger partial charge in [0.25, 0.3) is 0 Å². The number of H-pyrrole nitrogens is 1. The normalized spacial score (nSPS) is 20.4. The zero-order valence-corrected chi connectivity index (χ0v) is 13.8. The summed E-state index contributed by atoms with van der Waals surface area (Å²) in [5.41, 5.74) is 4.24. The lowest BCUT2D eigenvalue weighted by atomic mass is 9.90. The number of rotatable bonds is 2. The largest absolute Gasteiger partial charge is 0.480 e. The van der Waals surface area contributed by atoms with Crippen LogP contribution in [0.15, 0.2) is 53.0 Å². The van der Waals surface area contributed by atoms with Crippen LogP contribution in [0.2, 0.25) is 0 Å². The SMILES string of the molecule is O=C(O)[C@@H]1Cc2c([nH]c3ccccc23)[C@@H](c2cccc(Br)c2)N1. The van der Waals surface area contributed by atoms with E-state index in [1.807, 2.05) is 48.5 Å². The predicted octanol–water partition coefficient (Wildman–Crippen LogP) is 3.62. The first-order valence-corrected chi connectivity index (χ1v) is 8.26. The molecule has 0 bridgehead atoms. The van der Waals surface area contributed by atoms with Crippen LogP contribution in [0.5, 0.6) is 0 Å². The standard InChI is InChI=1S/C18H15BrN2O2/c19-11-5-3-4-10(8-11)16-17-13(9-15(21-16)18(22)23)12-6-1-2-7-14(12)20-17/h1-8,15-16,20-21H,9H2,(H,22,23)/t15-,16+/m0/s1. The summed E-state index contributed by atoms with van der Waals surface area (Å²) in [5, 5.41) is 13.9. The Hall–Kier alpha value is -2.11. The summed E-state index contributed by atoms with van der Waals surface area (Å²) >= 11 is 3.49. The molecule has 0 saturated heterocycles. The molecule has 1 aliphatic heterocycles. The lowest BCUT2D eigenvalue weighted by molar-refractivity contribution is -0.139. The van der Waals surface area contributed by atoms with Crippen molar-refractivity contribution in [3.05, 3.63) is 69.8 Å². The van der Waals surface area contributed by atoms with Crippen molar-refractivity contribution in [2.45, 2.75) is 18.5 Å². The minimum atomic E-state index is -0.819. The van der Waals surface area contributed by atoms with Gasteiger partial charge in [0, 0.05) is 27.5 Å². The van der Waals surface area contributed by atoms with E-state index in [9.17, 15) is 9.90 Å². The molecule has 0 aliphatic carbocycles. The molecule has 3 N–H and O–H groups in total. The van der Waals surface area contributed by atoms with Crippen LogP contribution in [0.4, 0.5) is 0 Å². The fourth-order valence-electron chi connectivity index (χ4n) is 3.34. The summed E-state index contributed by atoms with van der Waals surface area (Å²) in [6, 6.07) is 15.3. The zero-order chi connectivity index (χ0) is 16.0. The van der Waals surface area contributed by atoms with Crippen LogP contribution in [0, 0.1) is 0 Å². The summed E-state index contributed by atoms with van der Waals surface area (Å²) in [4.78, 5) is 15.1. The van der Waals surface area contributed by atoms with E-state index in [0.29, 0.717) is 6.42 Å². The third-order valence-electron chi connectivity index (χ3n) is 4.39. The van der Waals surface area contributed by atoms with Crippen LogP contribution in [0.25, 0.3) is 10.9 Å². The Labute approximate surface area is 141 Å². The molecule has 5 heteroatoms. The Morgan fingerprint density at radius 2 is 2.00 bits per heavy atom. The van der Waals surface area contributed by atoms with Crippen molar-refractivity contribution in [1.82, 2.24) is 10.3 Å². The zero-order valence-electron chi connectivity index (χ0n) is 12.2. The maximum absolute atomic E-state index is 11.6. The molecule has 0 spiro atoms. The van der Waals surface area contributed by atoms with Crippen molar-refractivity contribution in [3.63, 3.8) is 0 Å². The number of aromatic amines is 1. The first-order valence-electron chi connectivity index (χ1n) is 7.47. The number of carboxylic acids is 1. The Morgan fingerprint density at radius 1 is 1.17 bits per heavy atom. The predicted molar refractivity (Wildman–Crippen MR) is 92.5 cm³/mol. The molecule has 2 heterocycles. The second kappa shape index (κ2) is 5.51. The molecule has 0 radical (unpaired) electrons. The molecule has 1 aliphatic rings. The third-order valence-corrected chi connectivity index (χ3v) is 4.88. The van der Waals surface area contributed by atoms with Crippen LogP contribution in [-0.2, 0) is 11.2 Å². The Morgan fingerprint density at radius 3 is 2.78 bits per heavy atom. The molecule has 3 aromatic rings. The van der Waals surface area contributed by atoms with Gasteiger partial charge in [-0.05, 0) is 29.3 Å². The summed E-state index contributed by atoms with van der Waals surface area (Å²) in [6.07, 6.45) is 0.485. The maximum atomic E-state index is 11.6. The highest BCUT2D eigenvalue weighted by atomic mass is 79.9. The number of hydrogen-bond donors (Lipinski definition) is 3. The average molecular weight is 371 g/mol. The van der Waals surface area contributed by atoms with Gasteiger partial charge in [-0.2, -0.15) is 0 Å². The first kappa shape index (κ1) is 14.5. The minimum Gasteiger partial charge on any atom is -0.480 e. The van der Waals surface area contributed by atoms with Crippen molar-refractivity contribution < 1.29 is 9.90 Å². The van der Waals surface area contributed by atoms with E-state index in [1.54, 1.807) is 0 Å². The number of carbonyl (C=O) groups is 1. The Kier molecular flexibility index (Phi) is 3.47. The van der Waals surface area contributed by atoms with Gasteiger partial charge in [-0.1, -0.05) is 46.3 Å². The van der Waals surface area contributed by atoms with Crippen LogP contribution >= 0.6 is 15.9 Å². The van der Waals surface area contributed by atoms with Gasteiger partial charge >= 0.3 is 5.97 Å². The molecule has 4 nitrogen and oxygen atoms in total. The van der Waals surface area contributed by atoms with Crippen LogP contribution < -0.4 is 5.32 Å². The summed E-state index contributed by atoms with van der Waals surface area (Å²) in [6.45, 7) is 0. The second-order valence-corrected chi connectivity index (χ2v) is 6.73. The Bertz CT molecular complexity index is 903. The van der Waals surface area contributed by atoms with E-state index in [-0.39, 0.29) is 6.04 Å². The van der Waals surface area contributed by atoms with E-state index in [0.717, 1.165) is 32.2 Å². The lowest BCUT2D eigenvalue weighted by Crippen LogP contribution is -2.44. The highest BCUT2D eigenvalue weighted by molar-refractivity contribution is 9.10. The van der Waals surface area contributed by atoms with Crippen molar-refractivity contribution in [1.29, 1.82) is 0 Å². The van der Waals surface area contributed by atoms with Crippen LogP contribution in [0.1, 0.15) is 22.9 Å². The molecular formula is C18H15BrN2O2. The van der Waals surface area contributed by atoms with Gasteiger partial charge in [0.15, 0.2) is 0 Å². The van der Waals surface area contributed by atoms with Gasteiger partial charge in [-0.25, -0.2) is 0 Å². The van der Waals surface area contributed by atoms with Crippen LogP contribution in [-0.4, -0.2) is 22.1 Å². The number of hydrogen-bond acceptors (Lipinski definition) is 2. The fraction of sp³-hybridized carbons (Fsp3) is 0.167. The average Bonchev–Trinajstić information content (AvgIpc) is 2.92. The number of halogens is 1. The number of nitrogens with one attached hydrogen (secondary N) is 2. The van der Waals surface area contributed by atoms with Gasteiger partial charge in [-0.3, -0.25) is 10.1 Å². The molecular weight excluding hydrogens is 356 g/mol. The second-order valence-electron chi connectivity index (χ2n) is 5.81. The van der Waals surface area contributed by atoms with Gasteiger partial charge in [0.05, 0.1) is 6.04 Å². The highest BCUT2D eigenvalue weighted by Crippen LogP contribution is 2.35. The number of fused-ring (bicyclic) bond motifs is 3. The number of para-hydroxylation sites is 1. The molecule has 0 unspecified atom stereocenters. The minimum absolute atomic E-state index is 0.162. The van der Waals surface area contributed by atoms with E-state index >= 15 is 0 Å². The molecule has 1 aromatic heterocycles. The van der Waals surface area contributed by atoms with Crippen molar-refractivity contribution >= 4 is 32.8 Å². The van der Waals surface area contributed by atoms with E-state index in [2.05, 4.69) is 26.2 Å².